The number of hydrogen-bond donors (Lipinski definition) is 0. The van der Waals surface area contributed by atoms with E-state index in [-0.39, 0.29) is 11.8 Å². The number of carbonyl (C=O) groups excluding carboxylic acids is 1. The summed E-state index contributed by atoms with van der Waals surface area (Å²) in [5.41, 5.74) is 1.20. The molecule has 1 aliphatic heterocycles. The van der Waals surface area contributed by atoms with Gasteiger partial charge in [-0.1, -0.05) is 28.1 Å². The summed E-state index contributed by atoms with van der Waals surface area (Å²) in [6.07, 6.45) is 0. The van der Waals surface area contributed by atoms with Crippen LogP contribution in [-0.4, -0.2) is 37.0 Å². The van der Waals surface area contributed by atoms with Crippen molar-refractivity contribution in [1.82, 2.24) is 4.90 Å². The van der Waals surface area contributed by atoms with E-state index in [4.69, 9.17) is 4.74 Å². The number of Topliss-reactive ketones (excluding diaryl/α,β-unsaturated/α-hetero) is 1. The van der Waals surface area contributed by atoms with Crippen LogP contribution in [0.2, 0.25) is 0 Å². The third-order valence-corrected chi connectivity index (χ3v) is 3.45. The molecule has 0 spiro atoms. The molecule has 0 saturated carbocycles. The van der Waals surface area contributed by atoms with Crippen LogP contribution in [0.3, 0.4) is 0 Å². The number of hydrogen-bond acceptors (Lipinski definition) is 3. The largest absolute Gasteiger partial charge is 0.378 e. The lowest BCUT2D eigenvalue weighted by Gasteiger charge is -2.35. The minimum atomic E-state index is 0.195. The Hall–Kier alpha value is -0.710. The Kier molecular flexibility index (Phi) is 4.31. The first kappa shape index (κ1) is 12.7. The summed E-state index contributed by atoms with van der Waals surface area (Å²) in [4.78, 5) is 13.4. The van der Waals surface area contributed by atoms with Gasteiger partial charge in [-0.3, -0.25) is 9.69 Å². The average molecular weight is 298 g/mol. The van der Waals surface area contributed by atoms with Crippen LogP contribution in [0.25, 0.3) is 0 Å². The molecule has 1 fully saturated rings. The van der Waals surface area contributed by atoms with Gasteiger partial charge in [-0.2, -0.15) is 0 Å². The van der Waals surface area contributed by atoms with E-state index >= 15 is 0 Å². The van der Waals surface area contributed by atoms with E-state index in [1.54, 1.807) is 6.92 Å². The van der Waals surface area contributed by atoms with E-state index in [1.165, 1.54) is 5.56 Å². The molecule has 17 heavy (non-hydrogen) atoms. The average Bonchev–Trinajstić information content (AvgIpc) is 2.30. The number of benzene rings is 1. The Morgan fingerprint density at radius 1 is 1.47 bits per heavy atom. The van der Waals surface area contributed by atoms with E-state index in [0.717, 1.165) is 11.0 Å². The van der Waals surface area contributed by atoms with E-state index in [0.29, 0.717) is 19.8 Å². The van der Waals surface area contributed by atoms with Crippen molar-refractivity contribution in [1.29, 1.82) is 0 Å². The van der Waals surface area contributed by atoms with E-state index in [9.17, 15) is 4.79 Å². The number of morpholine rings is 1. The summed E-state index contributed by atoms with van der Waals surface area (Å²) < 4.78 is 6.58. The highest BCUT2D eigenvalue weighted by Crippen LogP contribution is 2.25. The van der Waals surface area contributed by atoms with Crippen molar-refractivity contribution in [3.8, 4) is 0 Å². The highest BCUT2D eigenvalue weighted by molar-refractivity contribution is 9.10. The van der Waals surface area contributed by atoms with E-state index in [2.05, 4.69) is 33.0 Å². The second-order valence-electron chi connectivity index (χ2n) is 4.31. The van der Waals surface area contributed by atoms with Gasteiger partial charge in [0.05, 0.1) is 25.8 Å². The van der Waals surface area contributed by atoms with Gasteiger partial charge in [0.1, 0.15) is 5.78 Å². The lowest BCUT2D eigenvalue weighted by atomic mass is 10.0. The first-order valence-electron chi connectivity index (χ1n) is 5.73. The van der Waals surface area contributed by atoms with Gasteiger partial charge in [0, 0.05) is 11.0 Å². The summed E-state index contributed by atoms with van der Waals surface area (Å²) in [5.74, 6) is 0.203. The van der Waals surface area contributed by atoms with Crippen LogP contribution < -0.4 is 0 Å². The second kappa shape index (κ2) is 5.76. The van der Waals surface area contributed by atoms with Crippen molar-refractivity contribution in [2.45, 2.75) is 13.0 Å². The second-order valence-corrected chi connectivity index (χ2v) is 5.23. The Morgan fingerprint density at radius 3 is 2.82 bits per heavy atom. The summed E-state index contributed by atoms with van der Waals surface area (Å²) in [5, 5.41) is 0. The van der Waals surface area contributed by atoms with E-state index < -0.39 is 0 Å². The first-order valence-corrected chi connectivity index (χ1v) is 6.53. The SMILES string of the molecule is CC(=O)CN1CCOCC1c1ccc(Br)cc1. The molecular weight excluding hydrogens is 282 g/mol. The lowest BCUT2D eigenvalue weighted by molar-refractivity contribution is -0.120. The number of rotatable bonds is 3. The molecule has 0 aromatic heterocycles. The third kappa shape index (κ3) is 3.37. The van der Waals surface area contributed by atoms with Crippen LogP contribution >= 0.6 is 15.9 Å². The number of halogens is 1. The first-order chi connectivity index (χ1) is 8.16. The van der Waals surface area contributed by atoms with Gasteiger partial charge in [0.2, 0.25) is 0 Å². The molecular formula is C13H16BrNO2. The van der Waals surface area contributed by atoms with Gasteiger partial charge >= 0.3 is 0 Å². The van der Waals surface area contributed by atoms with Crippen LogP contribution in [0, 0.1) is 0 Å². The minimum absolute atomic E-state index is 0.195. The zero-order valence-electron chi connectivity index (χ0n) is 9.86. The maximum atomic E-state index is 11.3. The molecule has 1 aliphatic rings. The summed E-state index contributed by atoms with van der Waals surface area (Å²) in [7, 11) is 0. The Labute approximate surface area is 110 Å². The molecule has 1 atom stereocenters. The monoisotopic (exact) mass is 297 g/mol. The normalized spacial score (nSPS) is 21.4. The molecule has 1 heterocycles. The minimum Gasteiger partial charge on any atom is -0.378 e. The highest BCUT2D eigenvalue weighted by Gasteiger charge is 2.25. The van der Waals surface area contributed by atoms with Crippen LogP contribution in [0.15, 0.2) is 28.7 Å². The summed E-state index contributed by atoms with van der Waals surface area (Å²) in [6, 6.07) is 8.40. The molecule has 2 rings (SSSR count). The van der Waals surface area contributed by atoms with Crippen LogP contribution in [0.4, 0.5) is 0 Å². The van der Waals surface area contributed by atoms with Crippen LogP contribution in [0.1, 0.15) is 18.5 Å². The molecule has 0 aliphatic carbocycles. The van der Waals surface area contributed by atoms with Gasteiger partial charge < -0.3 is 4.74 Å². The molecule has 0 radical (unpaired) electrons. The molecule has 3 nitrogen and oxygen atoms in total. The smallest absolute Gasteiger partial charge is 0.143 e. The van der Waals surface area contributed by atoms with Crippen molar-refractivity contribution in [3.05, 3.63) is 34.3 Å². The molecule has 1 aromatic rings. The lowest BCUT2D eigenvalue weighted by Crippen LogP contribution is -2.41. The molecule has 0 amide bonds. The maximum Gasteiger partial charge on any atom is 0.143 e. The fourth-order valence-electron chi connectivity index (χ4n) is 2.11. The summed E-state index contributed by atoms with van der Waals surface area (Å²) in [6.45, 7) is 4.33. The van der Waals surface area contributed by atoms with Crippen molar-refractivity contribution in [3.63, 3.8) is 0 Å². The van der Waals surface area contributed by atoms with Crippen LogP contribution in [-0.2, 0) is 9.53 Å². The standard InChI is InChI=1S/C13H16BrNO2/c1-10(16)8-15-6-7-17-9-13(15)11-2-4-12(14)5-3-11/h2-5,13H,6-9H2,1H3. The molecule has 92 valence electrons. The van der Waals surface area contributed by atoms with Gasteiger partial charge in [0.25, 0.3) is 0 Å². The van der Waals surface area contributed by atoms with Gasteiger partial charge in [-0.05, 0) is 24.6 Å². The predicted octanol–water partition coefficient (Wildman–Crippen LogP) is 2.41. The number of ketones is 1. The zero-order chi connectivity index (χ0) is 12.3. The highest BCUT2D eigenvalue weighted by atomic mass is 79.9. The molecule has 1 saturated heterocycles. The predicted molar refractivity (Wildman–Crippen MR) is 70.0 cm³/mol. The zero-order valence-corrected chi connectivity index (χ0v) is 11.4. The Balaban J connectivity index is 2.15. The van der Waals surface area contributed by atoms with Crippen molar-refractivity contribution >= 4 is 21.7 Å². The molecule has 4 heteroatoms. The maximum absolute atomic E-state index is 11.3. The topological polar surface area (TPSA) is 29.5 Å². The van der Waals surface area contributed by atoms with E-state index in [1.807, 2.05) is 12.1 Å². The van der Waals surface area contributed by atoms with Crippen molar-refractivity contribution in [2.75, 3.05) is 26.3 Å². The Morgan fingerprint density at radius 2 is 2.18 bits per heavy atom. The molecule has 0 bridgehead atoms. The summed E-state index contributed by atoms with van der Waals surface area (Å²) >= 11 is 3.43. The Bertz CT molecular complexity index is 391. The number of carbonyl (C=O) groups is 1. The molecule has 1 unspecified atom stereocenters. The number of nitrogens with zero attached hydrogens (tertiary/aromatic N) is 1. The fourth-order valence-corrected chi connectivity index (χ4v) is 2.37. The van der Waals surface area contributed by atoms with Crippen molar-refractivity contribution < 1.29 is 9.53 Å². The molecule has 1 aromatic carbocycles. The van der Waals surface area contributed by atoms with Gasteiger partial charge in [-0.25, -0.2) is 0 Å². The fraction of sp³-hybridized carbons (Fsp3) is 0.462. The van der Waals surface area contributed by atoms with Gasteiger partial charge in [-0.15, -0.1) is 0 Å². The number of ether oxygens (including phenoxy) is 1. The molecule has 0 N–H and O–H groups in total. The van der Waals surface area contributed by atoms with Crippen LogP contribution in [0.5, 0.6) is 0 Å². The van der Waals surface area contributed by atoms with Crippen molar-refractivity contribution in [2.24, 2.45) is 0 Å². The quantitative estimate of drug-likeness (QED) is 0.858. The third-order valence-electron chi connectivity index (χ3n) is 2.92. The van der Waals surface area contributed by atoms with Gasteiger partial charge in [0.15, 0.2) is 0 Å².